The third-order valence-corrected chi connectivity index (χ3v) is 3.39. The van der Waals surface area contributed by atoms with Gasteiger partial charge in [-0.3, -0.25) is 0 Å². The van der Waals surface area contributed by atoms with Crippen molar-refractivity contribution in [2.45, 2.75) is 18.7 Å². The van der Waals surface area contributed by atoms with Gasteiger partial charge in [-0.25, -0.2) is 0 Å². The lowest BCUT2D eigenvalue weighted by Crippen LogP contribution is -1.96. The maximum Gasteiger partial charge on any atom is 0.119 e. The molecule has 0 saturated heterocycles. The molecule has 1 nitrogen and oxygen atoms in total. The second-order valence-electron chi connectivity index (χ2n) is 4.43. The summed E-state index contributed by atoms with van der Waals surface area (Å²) in [7, 11) is 1.68. The van der Waals surface area contributed by atoms with Crippen LogP contribution in [0.1, 0.15) is 22.1 Å². The number of ether oxygens (including phenoxy) is 1. The van der Waals surface area contributed by atoms with Crippen LogP contribution >= 0.6 is 11.6 Å². The molecule has 0 aliphatic rings. The predicted octanol–water partition coefficient (Wildman–Crippen LogP) is 4.53. The van der Waals surface area contributed by atoms with Crippen molar-refractivity contribution in [3.63, 3.8) is 0 Å². The molecule has 2 rings (SSSR count). The first-order valence-electron chi connectivity index (χ1n) is 6.02. The van der Waals surface area contributed by atoms with Crippen molar-refractivity contribution in [2.75, 3.05) is 7.11 Å². The molecule has 0 aliphatic heterocycles. The Morgan fingerprint density at radius 2 is 1.83 bits per heavy atom. The topological polar surface area (TPSA) is 9.23 Å². The van der Waals surface area contributed by atoms with Crippen LogP contribution in [0.2, 0.25) is 0 Å². The Balaban J connectivity index is 2.10. The standard InChI is InChI=1S/C16H17ClO/c1-12-6-8-14(9-7-12)16(17)11-13-4-3-5-15(10-13)18-2/h3-10,16H,11H2,1-2H3. The van der Waals surface area contributed by atoms with Crippen molar-refractivity contribution >= 4 is 11.6 Å². The van der Waals surface area contributed by atoms with Crippen LogP contribution in [0.3, 0.4) is 0 Å². The van der Waals surface area contributed by atoms with E-state index in [1.54, 1.807) is 7.11 Å². The van der Waals surface area contributed by atoms with Gasteiger partial charge < -0.3 is 4.74 Å². The molecule has 0 radical (unpaired) electrons. The fraction of sp³-hybridized carbons (Fsp3) is 0.250. The van der Waals surface area contributed by atoms with Crippen LogP contribution in [-0.4, -0.2) is 7.11 Å². The van der Waals surface area contributed by atoms with E-state index in [2.05, 4.69) is 37.3 Å². The molecular weight excluding hydrogens is 244 g/mol. The second-order valence-corrected chi connectivity index (χ2v) is 4.96. The number of hydrogen-bond acceptors (Lipinski definition) is 1. The van der Waals surface area contributed by atoms with Crippen molar-refractivity contribution in [1.82, 2.24) is 0 Å². The summed E-state index contributed by atoms with van der Waals surface area (Å²) in [6.07, 6.45) is 0.807. The summed E-state index contributed by atoms with van der Waals surface area (Å²) in [4.78, 5) is 0. The average molecular weight is 261 g/mol. The van der Waals surface area contributed by atoms with Gasteiger partial charge in [0, 0.05) is 0 Å². The molecule has 0 aliphatic carbocycles. The minimum atomic E-state index is -0.00212. The molecule has 1 atom stereocenters. The summed E-state index contributed by atoms with van der Waals surface area (Å²) in [5.74, 6) is 0.875. The van der Waals surface area contributed by atoms with Gasteiger partial charge in [0.05, 0.1) is 12.5 Å². The molecule has 18 heavy (non-hydrogen) atoms. The van der Waals surface area contributed by atoms with Gasteiger partial charge in [-0.2, -0.15) is 0 Å². The highest BCUT2D eigenvalue weighted by Crippen LogP contribution is 2.26. The Kier molecular flexibility index (Phi) is 4.27. The highest BCUT2D eigenvalue weighted by Gasteiger charge is 2.09. The molecule has 2 aromatic carbocycles. The van der Waals surface area contributed by atoms with Crippen LogP contribution in [0.4, 0.5) is 0 Å². The first-order chi connectivity index (χ1) is 8.69. The first kappa shape index (κ1) is 13.0. The zero-order valence-corrected chi connectivity index (χ0v) is 11.4. The molecule has 0 heterocycles. The number of rotatable bonds is 4. The molecule has 0 spiro atoms. The first-order valence-corrected chi connectivity index (χ1v) is 6.46. The van der Waals surface area contributed by atoms with Crippen LogP contribution in [0.5, 0.6) is 5.75 Å². The van der Waals surface area contributed by atoms with E-state index in [1.807, 2.05) is 18.2 Å². The van der Waals surface area contributed by atoms with Gasteiger partial charge in [-0.15, -0.1) is 11.6 Å². The van der Waals surface area contributed by atoms with Gasteiger partial charge in [0.1, 0.15) is 5.75 Å². The van der Waals surface area contributed by atoms with E-state index in [4.69, 9.17) is 16.3 Å². The lowest BCUT2D eigenvalue weighted by atomic mass is 10.0. The van der Waals surface area contributed by atoms with E-state index in [9.17, 15) is 0 Å². The molecule has 1 unspecified atom stereocenters. The van der Waals surface area contributed by atoms with E-state index in [0.29, 0.717) is 0 Å². The quantitative estimate of drug-likeness (QED) is 0.734. The van der Waals surface area contributed by atoms with Crippen molar-refractivity contribution in [3.05, 3.63) is 65.2 Å². The smallest absolute Gasteiger partial charge is 0.119 e. The second kappa shape index (κ2) is 5.92. The van der Waals surface area contributed by atoms with Gasteiger partial charge in [-0.1, -0.05) is 42.0 Å². The minimum Gasteiger partial charge on any atom is -0.497 e. The lowest BCUT2D eigenvalue weighted by molar-refractivity contribution is 0.414. The largest absolute Gasteiger partial charge is 0.497 e. The van der Waals surface area contributed by atoms with Crippen molar-refractivity contribution in [3.8, 4) is 5.75 Å². The highest BCUT2D eigenvalue weighted by molar-refractivity contribution is 6.20. The number of halogens is 1. The maximum atomic E-state index is 6.45. The van der Waals surface area contributed by atoms with E-state index in [-0.39, 0.29) is 5.38 Å². The molecular formula is C16H17ClO. The number of aryl methyl sites for hydroxylation is 1. The van der Waals surface area contributed by atoms with Gasteiger partial charge in [-0.05, 0) is 36.6 Å². The van der Waals surface area contributed by atoms with Gasteiger partial charge in [0.25, 0.3) is 0 Å². The van der Waals surface area contributed by atoms with Crippen molar-refractivity contribution in [2.24, 2.45) is 0 Å². The molecule has 94 valence electrons. The Bertz CT molecular complexity index is 505. The Labute approximate surface area is 113 Å². The average Bonchev–Trinajstić information content (AvgIpc) is 2.39. The fourth-order valence-corrected chi connectivity index (χ4v) is 2.22. The van der Waals surface area contributed by atoms with Crippen molar-refractivity contribution in [1.29, 1.82) is 0 Å². The molecule has 2 heteroatoms. The van der Waals surface area contributed by atoms with Crippen LogP contribution in [0, 0.1) is 6.92 Å². The minimum absolute atomic E-state index is 0.00212. The van der Waals surface area contributed by atoms with Gasteiger partial charge >= 0.3 is 0 Å². The molecule has 0 saturated carbocycles. The number of methoxy groups -OCH3 is 1. The summed E-state index contributed by atoms with van der Waals surface area (Å²) in [5, 5.41) is -0.00212. The third kappa shape index (κ3) is 3.27. The van der Waals surface area contributed by atoms with Crippen LogP contribution in [0.25, 0.3) is 0 Å². The Hall–Kier alpha value is -1.47. The van der Waals surface area contributed by atoms with E-state index in [0.717, 1.165) is 17.7 Å². The van der Waals surface area contributed by atoms with Gasteiger partial charge in [0.15, 0.2) is 0 Å². The van der Waals surface area contributed by atoms with E-state index < -0.39 is 0 Å². The molecule has 0 aromatic heterocycles. The highest BCUT2D eigenvalue weighted by atomic mass is 35.5. The zero-order valence-electron chi connectivity index (χ0n) is 10.7. The van der Waals surface area contributed by atoms with Crippen molar-refractivity contribution < 1.29 is 4.74 Å². The third-order valence-electron chi connectivity index (χ3n) is 2.99. The molecule has 0 amide bonds. The van der Waals surface area contributed by atoms with Crippen LogP contribution in [0.15, 0.2) is 48.5 Å². The molecule has 0 bridgehead atoms. The van der Waals surface area contributed by atoms with Gasteiger partial charge in [0.2, 0.25) is 0 Å². The summed E-state index contributed by atoms with van der Waals surface area (Å²) >= 11 is 6.45. The summed E-state index contributed by atoms with van der Waals surface area (Å²) < 4.78 is 5.21. The Morgan fingerprint density at radius 1 is 1.11 bits per heavy atom. The summed E-state index contributed by atoms with van der Waals surface area (Å²) in [6, 6.07) is 16.4. The predicted molar refractivity (Wildman–Crippen MR) is 76.5 cm³/mol. The normalized spacial score (nSPS) is 12.2. The number of benzene rings is 2. The summed E-state index contributed by atoms with van der Waals surface area (Å²) in [5.41, 5.74) is 3.60. The zero-order chi connectivity index (χ0) is 13.0. The number of alkyl halides is 1. The SMILES string of the molecule is COc1cccc(CC(Cl)c2ccc(C)cc2)c1. The molecule has 0 fully saturated rings. The Morgan fingerprint density at radius 3 is 2.50 bits per heavy atom. The number of hydrogen-bond donors (Lipinski definition) is 0. The van der Waals surface area contributed by atoms with E-state index in [1.165, 1.54) is 11.1 Å². The monoisotopic (exact) mass is 260 g/mol. The molecule has 2 aromatic rings. The van der Waals surface area contributed by atoms with Crippen LogP contribution in [-0.2, 0) is 6.42 Å². The fourth-order valence-electron chi connectivity index (χ4n) is 1.90. The van der Waals surface area contributed by atoms with E-state index >= 15 is 0 Å². The molecule has 0 N–H and O–H groups in total. The maximum absolute atomic E-state index is 6.45. The van der Waals surface area contributed by atoms with Crippen LogP contribution < -0.4 is 4.74 Å². The summed E-state index contributed by atoms with van der Waals surface area (Å²) in [6.45, 7) is 2.08. The lowest BCUT2D eigenvalue weighted by Gasteiger charge is -2.11.